The van der Waals surface area contributed by atoms with Gasteiger partial charge in [0.1, 0.15) is 0 Å². The number of rotatable bonds is 3. The molecule has 2 rings (SSSR count). The van der Waals surface area contributed by atoms with Gasteiger partial charge in [0.15, 0.2) is 6.29 Å². The molecule has 96 valence electrons. The van der Waals surface area contributed by atoms with Crippen LogP contribution in [0.25, 0.3) is 0 Å². The number of aldehydes is 1. The van der Waals surface area contributed by atoms with Crippen molar-refractivity contribution in [3.05, 3.63) is 33.9 Å². The average Bonchev–Trinajstić information content (AvgIpc) is 2.39. The Hall–Kier alpha value is -1.95. The molecule has 1 aromatic rings. The number of non-ortho nitro benzene ring substituents is 1. The van der Waals surface area contributed by atoms with Gasteiger partial charge in [0.25, 0.3) is 5.69 Å². The Balaban J connectivity index is 2.27. The van der Waals surface area contributed by atoms with Crippen LogP contribution in [0.1, 0.15) is 10.4 Å². The summed E-state index contributed by atoms with van der Waals surface area (Å²) in [6, 6.07) is 4.44. The average molecular weight is 249 g/mol. The van der Waals surface area contributed by atoms with E-state index >= 15 is 0 Å². The Morgan fingerprint density at radius 3 is 2.50 bits per heavy atom. The summed E-state index contributed by atoms with van der Waals surface area (Å²) in [6.07, 6.45) is 0.681. The molecule has 0 spiro atoms. The van der Waals surface area contributed by atoms with Crippen molar-refractivity contribution in [1.29, 1.82) is 0 Å². The van der Waals surface area contributed by atoms with Crippen LogP contribution in [0.3, 0.4) is 0 Å². The minimum Gasteiger partial charge on any atom is -0.368 e. The minimum absolute atomic E-state index is 0.0463. The molecule has 0 radical (unpaired) electrons. The van der Waals surface area contributed by atoms with Gasteiger partial charge >= 0.3 is 0 Å². The molecule has 0 N–H and O–H groups in total. The predicted octanol–water partition coefficient (Wildman–Crippen LogP) is 1.16. The van der Waals surface area contributed by atoms with Gasteiger partial charge in [0.2, 0.25) is 0 Å². The van der Waals surface area contributed by atoms with E-state index < -0.39 is 4.92 Å². The fourth-order valence-electron chi connectivity index (χ4n) is 2.09. The lowest BCUT2D eigenvalue weighted by molar-refractivity contribution is -0.384. The van der Waals surface area contributed by atoms with Gasteiger partial charge in [0.05, 0.1) is 4.92 Å². The van der Waals surface area contributed by atoms with Crippen molar-refractivity contribution in [3.8, 4) is 0 Å². The molecule has 1 aromatic carbocycles. The van der Waals surface area contributed by atoms with Crippen molar-refractivity contribution < 1.29 is 9.72 Å². The maximum absolute atomic E-state index is 11.0. The number of nitrogens with zero attached hydrogens (tertiary/aromatic N) is 3. The van der Waals surface area contributed by atoms with E-state index in [4.69, 9.17) is 0 Å². The number of hydrogen-bond acceptors (Lipinski definition) is 5. The third-order valence-corrected chi connectivity index (χ3v) is 3.19. The summed E-state index contributed by atoms with van der Waals surface area (Å²) in [6.45, 7) is 3.51. The van der Waals surface area contributed by atoms with Crippen molar-refractivity contribution in [3.63, 3.8) is 0 Å². The number of carbonyl (C=O) groups excluding carboxylic acids is 1. The Kier molecular flexibility index (Phi) is 3.57. The Bertz CT molecular complexity index is 468. The van der Waals surface area contributed by atoms with Crippen molar-refractivity contribution in [2.45, 2.75) is 0 Å². The maximum Gasteiger partial charge on any atom is 0.270 e. The van der Waals surface area contributed by atoms with Gasteiger partial charge in [-0.05, 0) is 13.1 Å². The molecule has 0 aliphatic carbocycles. The van der Waals surface area contributed by atoms with E-state index in [-0.39, 0.29) is 5.69 Å². The quantitative estimate of drug-likeness (QED) is 0.457. The van der Waals surface area contributed by atoms with Crippen LogP contribution in [0.4, 0.5) is 11.4 Å². The normalized spacial score (nSPS) is 16.6. The van der Waals surface area contributed by atoms with Gasteiger partial charge in [0, 0.05) is 49.6 Å². The van der Waals surface area contributed by atoms with E-state index in [9.17, 15) is 14.9 Å². The first kappa shape index (κ1) is 12.5. The van der Waals surface area contributed by atoms with E-state index in [0.29, 0.717) is 11.8 Å². The maximum atomic E-state index is 11.0. The van der Waals surface area contributed by atoms with Crippen LogP contribution in [0.2, 0.25) is 0 Å². The van der Waals surface area contributed by atoms with Crippen molar-refractivity contribution in [2.24, 2.45) is 0 Å². The summed E-state index contributed by atoms with van der Waals surface area (Å²) in [5.41, 5.74) is 1.12. The summed E-state index contributed by atoms with van der Waals surface area (Å²) < 4.78 is 0. The lowest BCUT2D eigenvalue weighted by Crippen LogP contribution is -2.44. The molecule has 1 saturated heterocycles. The summed E-state index contributed by atoms with van der Waals surface area (Å²) in [4.78, 5) is 25.5. The molecule has 0 bridgehead atoms. The standard InChI is InChI=1S/C12H15N3O3/c1-13-4-6-14(7-5-13)12-3-2-11(15(17)18)8-10(12)9-16/h2-3,8-9H,4-7H2,1H3. The zero-order chi connectivity index (χ0) is 13.1. The van der Waals surface area contributed by atoms with Crippen LogP contribution >= 0.6 is 0 Å². The fraction of sp³-hybridized carbons (Fsp3) is 0.417. The van der Waals surface area contributed by atoms with E-state index in [1.807, 2.05) is 7.05 Å². The van der Waals surface area contributed by atoms with E-state index in [0.717, 1.165) is 31.9 Å². The highest BCUT2D eigenvalue weighted by Crippen LogP contribution is 2.25. The first-order chi connectivity index (χ1) is 8.61. The monoisotopic (exact) mass is 249 g/mol. The molecular formula is C12H15N3O3. The number of hydrogen-bond donors (Lipinski definition) is 0. The van der Waals surface area contributed by atoms with Gasteiger partial charge < -0.3 is 9.80 Å². The highest BCUT2D eigenvalue weighted by atomic mass is 16.6. The van der Waals surface area contributed by atoms with Crippen LogP contribution in [0, 0.1) is 10.1 Å². The van der Waals surface area contributed by atoms with Gasteiger partial charge in [-0.15, -0.1) is 0 Å². The summed E-state index contributed by atoms with van der Waals surface area (Å²) in [5.74, 6) is 0. The molecule has 0 atom stereocenters. The van der Waals surface area contributed by atoms with E-state index in [1.54, 1.807) is 6.07 Å². The summed E-state index contributed by atoms with van der Waals surface area (Å²) in [5, 5.41) is 10.7. The zero-order valence-electron chi connectivity index (χ0n) is 10.2. The Morgan fingerprint density at radius 1 is 1.28 bits per heavy atom. The van der Waals surface area contributed by atoms with Crippen molar-refractivity contribution in [1.82, 2.24) is 4.90 Å². The molecule has 0 amide bonds. The number of anilines is 1. The van der Waals surface area contributed by atoms with Crippen LogP contribution in [0.5, 0.6) is 0 Å². The van der Waals surface area contributed by atoms with E-state index in [1.165, 1.54) is 12.1 Å². The molecular weight excluding hydrogens is 234 g/mol. The number of nitro benzene ring substituents is 1. The third-order valence-electron chi connectivity index (χ3n) is 3.19. The molecule has 18 heavy (non-hydrogen) atoms. The molecule has 1 aliphatic heterocycles. The molecule has 0 saturated carbocycles. The van der Waals surface area contributed by atoms with E-state index in [2.05, 4.69) is 9.80 Å². The predicted molar refractivity (Wildman–Crippen MR) is 68.2 cm³/mol. The first-order valence-corrected chi connectivity index (χ1v) is 5.79. The Labute approximate surface area is 105 Å². The number of piperazine rings is 1. The molecule has 1 heterocycles. The van der Waals surface area contributed by atoms with Crippen LogP contribution < -0.4 is 4.90 Å². The van der Waals surface area contributed by atoms with Crippen molar-refractivity contribution >= 4 is 17.7 Å². The summed E-state index contributed by atoms with van der Waals surface area (Å²) in [7, 11) is 2.05. The second kappa shape index (κ2) is 5.14. The molecule has 0 aromatic heterocycles. The highest BCUT2D eigenvalue weighted by molar-refractivity contribution is 5.86. The zero-order valence-corrected chi connectivity index (χ0v) is 10.2. The van der Waals surface area contributed by atoms with Crippen molar-refractivity contribution in [2.75, 3.05) is 38.1 Å². The van der Waals surface area contributed by atoms with Gasteiger partial charge in [-0.3, -0.25) is 14.9 Å². The Morgan fingerprint density at radius 2 is 1.94 bits per heavy atom. The summed E-state index contributed by atoms with van der Waals surface area (Å²) >= 11 is 0. The highest BCUT2D eigenvalue weighted by Gasteiger charge is 2.18. The minimum atomic E-state index is -0.485. The lowest BCUT2D eigenvalue weighted by Gasteiger charge is -2.34. The lowest BCUT2D eigenvalue weighted by atomic mass is 10.1. The third kappa shape index (κ3) is 2.48. The van der Waals surface area contributed by atoms with Gasteiger partial charge in [-0.1, -0.05) is 0 Å². The van der Waals surface area contributed by atoms with Gasteiger partial charge in [-0.25, -0.2) is 0 Å². The van der Waals surface area contributed by atoms with Crippen LogP contribution in [-0.2, 0) is 0 Å². The molecule has 1 fully saturated rings. The van der Waals surface area contributed by atoms with Crippen LogP contribution in [0.15, 0.2) is 18.2 Å². The number of nitro groups is 1. The fourth-order valence-corrected chi connectivity index (χ4v) is 2.09. The second-order valence-electron chi connectivity index (χ2n) is 4.41. The second-order valence-corrected chi connectivity index (χ2v) is 4.41. The molecule has 6 heteroatoms. The number of likely N-dealkylation sites (N-methyl/N-ethyl adjacent to an activating group) is 1. The molecule has 6 nitrogen and oxygen atoms in total. The first-order valence-electron chi connectivity index (χ1n) is 5.79. The topological polar surface area (TPSA) is 66.7 Å². The SMILES string of the molecule is CN1CCN(c2ccc([N+](=O)[O-])cc2C=O)CC1. The largest absolute Gasteiger partial charge is 0.368 e. The number of benzene rings is 1. The molecule has 0 unspecified atom stereocenters. The molecule has 1 aliphatic rings. The number of carbonyl (C=O) groups is 1. The smallest absolute Gasteiger partial charge is 0.270 e. The van der Waals surface area contributed by atoms with Crippen LogP contribution in [-0.4, -0.2) is 49.3 Å². The van der Waals surface area contributed by atoms with Gasteiger partial charge in [-0.2, -0.15) is 0 Å².